The first-order chi connectivity index (χ1) is 16.9. The number of anilines is 1. The Morgan fingerprint density at radius 2 is 1.83 bits per heavy atom. The van der Waals surface area contributed by atoms with Crippen LogP contribution in [-0.4, -0.2) is 47.3 Å². The van der Waals surface area contributed by atoms with Crippen LogP contribution in [0.25, 0.3) is 0 Å². The van der Waals surface area contributed by atoms with Crippen molar-refractivity contribution in [1.29, 1.82) is 0 Å². The summed E-state index contributed by atoms with van der Waals surface area (Å²) in [4.78, 5) is 32.3. The number of aromatic nitrogens is 1. The summed E-state index contributed by atoms with van der Waals surface area (Å²) in [6.07, 6.45) is 1.74. The van der Waals surface area contributed by atoms with E-state index in [0.717, 1.165) is 27.9 Å². The van der Waals surface area contributed by atoms with E-state index in [1.54, 1.807) is 12.3 Å². The van der Waals surface area contributed by atoms with Gasteiger partial charge in [-0.25, -0.2) is 9.78 Å². The van der Waals surface area contributed by atoms with Crippen molar-refractivity contribution < 1.29 is 24.2 Å². The maximum atomic E-state index is 12.7. The van der Waals surface area contributed by atoms with E-state index in [9.17, 15) is 9.59 Å². The second-order valence-electron chi connectivity index (χ2n) is 8.53. The van der Waals surface area contributed by atoms with Crippen molar-refractivity contribution >= 4 is 17.6 Å². The number of benzene rings is 2. The molecule has 0 atom stereocenters. The number of pyridine rings is 1. The lowest BCUT2D eigenvalue weighted by Crippen LogP contribution is -2.40. The first-order valence-corrected chi connectivity index (χ1v) is 11.5. The Labute approximate surface area is 204 Å². The van der Waals surface area contributed by atoms with E-state index in [4.69, 9.17) is 14.6 Å². The standard InChI is InChI=1S/C27H29N3O5/c1-3-34-25-7-5-4-6-21(25)17-35-27(33)23-13-22-16-30(18-29(2)24(22)14-28-23)15-20-10-8-19(9-11-20)12-26(31)32/h4-11,13-14H,3,12,15-18H2,1-2H3,(H,31,32). The van der Waals surface area contributed by atoms with E-state index < -0.39 is 11.9 Å². The molecule has 8 nitrogen and oxygen atoms in total. The van der Waals surface area contributed by atoms with Gasteiger partial charge in [0.15, 0.2) is 0 Å². The summed E-state index contributed by atoms with van der Waals surface area (Å²) in [7, 11) is 1.99. The molecule has 1 aliphatic rings. The molecule has 0 amide bonds. The number of nitrogens with zero attached hydrogens (tertiary/aromatic N) is 3. The first kappa shape index (κ1) is 24.2. The maximum absolute atomic E-state index is 12.7. The zero-order chi connectivity index (χ0) is 24.8. The number of para-hydroxylation sites is 1. The van der Waals surface area contributed by atoms with E-state index >= 15 is 0 Å². The average molecular weight is 476 g/mol. The molecule has 2 heterocycles. The predicted molar refractivity (Wildman–Crippen MR) is 131 cm³/mol. The molecule has 1 aliphatic heterocycles. The summed E-state index contributed by atoms with van der Waals surface area (Å²) >= 11 is 0. The molecule has 0 fully saturated rings. The molecule has 0 bridgehead atoms. The Balaban J connectivity index is 1.42. The number of carboxylic acid groups (broad SMARTS) is 1. The van der Waals surface area contributed by atoms with Crippen molar-refractivity contribution in [3.63, 3.8) is 0 Å². The molecule has 0 saturated carbocycles. The zero-order valence-corrected chi connectivity index (χ0v) is 19.9. The molecule has 0 saturated heterocycles. The highest BCUT2D eigenvalue weighted by molar-refractivity contribution is 5.88. The van der Waals surface area contributed by atoms with E-state index in [1.165, 1.54) is 0 Å². The van der Waals surface area contributed by atoms with Gasteiger partial charge in [0.1, 0.15) is 18.1 Å². The summed E-state index contributed by atoms with van der Waals surface area (Å²) in [6, 6.07) is 16.9. The van der Waals surface area contributed by atoms with Crippen molar-refractivity contribution in [3.8, 4) is 5.75 Å². The summed E-state index contributed by atoms with van der Waals surface area (Å²) in [5.74, 6) is -0.615. The largest absolute Gasteiger partial charge is 0.493 e. The van der Waals surface area contributed by atoms with Crippen LogP contribution in [0.2, 0.25) is 0 Å². The van der Waals surface area contributed by atoms with Crippen LogP contribution in [0.3, 0.4) is 0 Å². The molecule has 182 valence electrons. The number of carboxylic acids is 1. The van der Waals surface area contributed by atoms with E-state index in [1.807, 2.05) is 62.5 Å². The molecule has 8 heteroatoms. The summed E-state index contributed by atoms with van der Waals surface area (Å²) in [5.41, 5.74) is 4.93. The van der Waals surface area contributed by atoms with E-state index in [2.05, 4.69) is 14.8 Å². The molecule has 1 N–H and O–H groups in total. The highest BCUT2D eigenvalue weighted by Crippen LogP contribution is 2.27. The molecular formula is C27H29N3O5. The van der Waals surface area contributed by atoms with Gasteiger partial charge in [-0.05, 0) is 35.7 Å². The Kier molecular flexibility index (Phi) is 7.62. The summed E-state index contributed by atoms with van der Waals surface area (Å²) in [6.45, 7) is 4.63. The molecule has 0 unspecified atom stereocenters. The van der Waals surface area contributed by atoms with Crippen LogP contribution in [0.15, 0.2) is 60.8 Å². The van der Waals surface area contributed by atoms with E-state index in [0.29, 0.717) is 32.1 Å². The molecule has 0 spiro atoms. The zero-order valence-electron chi connectivity index (χ0n) is 19.9. The number of hydrogen-bond donors (Lipinski definition) is 1. The normalized spacial score (nSPS) is 13.3. The smallest absolute Gasteiger partial charge is 0.357 e. The minimum absolute atomic E-state index is 0.0171. The van der Waals surface area contributed by atoms with Gasteiger partial charge in [-0.1, -0.05) is 42.5 Å². The van der Waals surface area contributed by atoms with Crippen molar-refractivity contribution in [2.75, 3.05) is 25.2 Å². The van der Waals surface area contributed by atoms with E-state index in [-0.39, 0.29) is 18.7 Å². The molecule has 1 aromatic heterocycles. The van der Waals surface area contributed by atoms with Gasteiger partial charge in [-0.3, -0.25) is 9.69 Å². The number of carbonyl (C=O) groups is 2. The average Bonchev–Trinajstić information content (AvgIpc) is 2.84. The fourth-order valence-electron chi connectivity index (χ4n) is 4.18. The number of rotatable bonds is 9. The van der Waals surface area contributed by atoms with Gasteiger partial charge in [0, 0.05) is 25.7 Å². The van der Waals surface area contributed by atoms with Gasteiger partial charge in [0.2, 0.25) is 0 Å². The SMILES string of the molecule is CCOc1ccccc1COC(=O)c1cc2c(cn1)N(C)CN(Cc1ccc(CC(=O)O)cc1)C2. The minimum Gasteiger partial charge on any atom is -0.493 e. The number of ether oxygens (including phenoxy) is 2. The van der Waals surface area contributed by atoms with Crippen LogP contribution >= 0.6 is 0 Å². The Morgan fingerprint density at radius 1 is 1.09 bits per heavy atom. The van der Waals surface area contributed by atoms with Gasteiger partial charge in [-0.15, -0.1) is 0 Å². The second-order valence-corrected chi connectivity index (χ2v) is 8.53. The van der Waals surface area contributed by atoms with Gasteiger partial charge < -0.3 is 19.5 Å². The summed E-state index contributed by atoms with van der Waals surface area (Å²) in [5, 5.41) is 8.95. The fraction of sp³-hybridized carbons (Fsp3) is 0.296. The molecule has 0 radical (unpaired) electrons. The lowest BCUT2D eigenvalue weighted by atomic mass is 10.1. The molecule has 3 aromatic rings. The Bertz CT molecular complexity index is 1200. The highest BCUT2D eigenvalue weighted by Gasteiger charge is 2.23. The predicted octanol–water partition coefficient (Wildman–Crippen LogP) is 3.87. The highest BCUT2D eigenvalue weighted by atomic mass is 16.5. The van der Waals surface area contributed by atoms with Crippen LogP contribution in [0.4, 0.5) is 5.69 Å². The van der Waals surface area contributed by atoms with Crippen molar-refractivity contribution in [2.24, 2.45) is 0 Å². The Hall–Kier alpha value is -3.91. The maximum Gasteiger partial charge on any atom is 0.357 e. The Morgan fingerprint density at radius 3 is 2.57 bits per heavy atom. The van der Waals surface area contributed by atoms with Crippen LogP contribution in [0.1, 0.15) is 39.7 Å². The van der Waals surface area contributed by atoms with Gasteiger partial charge in [0.05, 0.1) is 31.6 Å². The molecule has 0 aliphatic carbocycles. The number of aliphatic carboxylic acids is 1. The van der Waals surface area contributed by atoms with Crippen molar-refractivity contribution in [3.05, 3.63) is 88.7 Å². The molecular weight excluding hydrogens is 446 g/mol. The van der Waals surface area contributed by atoms with Gasteiger partial charge in [0.25, 0.3) is 0 Å². The van der Waals surface area contributed by atoms with Crippen LogP contribution in [0.5, 0.6) is 5.75 Å². The number of hydrogen-bond acceptors (Lipinski definition) is 7. The number of esters is 1. The fourth-order valence-corrected chi connectivity index (χ4v) is 4.18. The lowest BCUT2D eigenvalue weighted by Gasteiger charge is -2.36. The van der Waals surface area contributed by atoms with Crippen LogP contribution in [-0.2, 0) is 35.6 Å². The second kappa shape index (κ2) is 11.0. The first-order valence-electron chi connectivity index (χ1n) is 11.5. The lowest BCUT2D eigenvalue weighted by molar-refractivity contribution is -0.136. The molecule has 2 aromatic carbocycles. The quantitative estimate of drug-likeness (QED) is 0.466. The topological polar surface area (TPSA) is 92.2 Å². The van der Waals surface area contributed by atoms with Gasteiger partial charge in [-0.2, -0.15) is 0 Å². The third-order valence-electron chi connectivity index (χ3n) is 5.81. The van der Waals surface area contributed by atoms with Gasteiger partial charge >= 0.3 is 11.9 Å². The minimum atomic E-state index is -0.839. The number of carbonyl (C=O) groups excluding carboxylic acids is 1. The van der Waals surface area contributed by atoms with Crippen LogP contribution in [0, 0.1) is 0 Å². The third kappa shape index (κ3) is 6.16. The third-order valence-corrected chi connectivity index (χ3v) is 5.81. The van der Waals surface area contributed by atoms with Crippen molar-refractivity contribution in [1.82, 2.24) is 9.88 Å². The number of fused-ring (bicyclic) bond motifs is 1. The van der Waals surface area contributed by atoms with Crippen molar-refractivity contribution in [2.45, 2.75) is 33.0 Å². The van der Waals surface area contributed by atoms with Crippen LogP contribution < -0.4 is 9.64 Å². The molecule has 4 rings (SSSR count). The molecule has 35 heavy (non-hydrogen) atoms. The monoisotopic (exact) mass is 475 g/mol. The summed E-state index contributed by atoms with van der Waals surface area (Å²) < 4.78 is 11.1.